The van der Waals surface area contributed by atoms with Crippen LogP contribution in [0.15, 0.2) is 34.2 Å². The molecule has 11 heteroatoms. The minimum absolute atomic E-state index is 0.0263. The summed E-state index contributed by atoms with van der Waals surface area (Å²) < 4.78 is 9.66. The molecule has 1 aliphatic heterocycles. The summed E-state index contributed by atoms with van der Waals surface area (Å²) in [6.07, 6.45) is 4.27. The third-order valence-corrected chi connectivity index (χ3v) is 5.61. The van der Waals surface area contributed by atoms with E-state index in [9.17, 15) is 14.4 Å². The van der Waals surface area contributed by atoms with Crippen molar-refractivity contribution in [3.8, 4) is 5.88 Å². The normalized spacial score (nSPS) is 15.0. The van der Waals surface area contributed by atoms with Crippen LogP contribution in [-0.4, -0.2) is 53.7 Å². The van der Waals surface area contributed by atoms with E-state index in [0.717, 1.165) is 4.57 Å². The van der Waals surface area contributed by atoms with Crippen molar-refractivity contribution in [3.63, 3.8) is 0 Å². The van der Waals surface area contributed by atoms with Crippen LogP contribution < -0.4 is 16.0 Å². The molecular weight excluding hydrogens is 412 g/mol. The Kier molecular flexibility index (Phi) is 5.33. The Bertz CT molecular complexity index is 1220. The van der Waals surface area contributed by atoms with Gasteiger partial charge in [-0.15, -0.1) is 0 Å². The van der Waals surface area contributed by atoms with Gasteiger partial charge in [0.25, 0.3) is 5.56 Å². The number of carbonyl (C=O) groups is 1. The summed E-state index contributed by atoms with van der Waals surface area (Å²) in [4.78, 5) is 47.4. The number of ether oxygens (including phenoxy) is 1. The lowest BCUT2D eigenvalue weighted by molar-refractivity contribution is -0.133. The van der Waals surface area contributed by atoms with Crippen molar-refractivity contribution in [3.05, 3.63) is 50.5 Å². The first kappa shape index (κ1) is 20.1. The molecule has 0 aliphatic carbocycles. The number of rotatable bonds is 4. The molecule has 3 aromatic heterocycles. The predicted molar refractivity (Wildman–Crippen MR) is 110 cm³/mol. The van der Waals surface area contributed by atoms with E-state index in [1.54, 1.807) is 30.3 Å². The topological polar surface area (TPSA) is 104 Å². The first-order valence-corrected chi connectivity index (χ1v) is 9.90. The fourth-order valence-corrected chi connectivity index (χ4v) is 3.77. The van der Waals surface area contributed by atoms with Crippen LogP contribution in [0.4, 0.5) is 0 Å². The highest BCUT2D eigenvalue weighted by atomic mass is 35.5. The Morgan fingerprint density at radius 2 is 1.93 bits per heavy atom. The SMILES string of the molecule is Cn1c(=O)c2c(ncn2CC(=O)N2CCC(Oc3ncccc3Cl)CC2)n(C)c1=O. The van der Waals surface area contributed by atoms with Crippen molar-refractivity contribution in [1.82, 2.24) is 28.6 Å². The summed E-state index contributed by atoms with van der Waals surface area (Å²) in [6, 6.07) is 3.46. The van der Waals surface area contributed by atoms with Gasteiger partial charge in [-0.25, -0.2) is 14.8 Å². The van der Waals surface area contributed by atoms with Crippen LogP contribution in [0, 0.1) is 0 Å². The molecule has 1 fully saturated rings. The van der Waals surface area contributed by atoms with Gasteiger partial charge in [-0.05, 0) is 12.1 Å². The lowest BCUT2D eigenvalue weighted by atomic mass is 10.1. The summed E-state index contributed by atoms with van der Waals surface area (Å²) in [7, 11) is 2.95. The fraction of sp³-hybridized carbons (Fsp3) is 0.421. The molecule has 1 amide bonds. The first-order chi connectivity index (χ1) is 14.4. The van der Waals surface area contributed by atoms with Crippen LogP contribution in [-0.2, 0) is 25.4 Å². The number of aryl methyl sites for hydroxylation is 1. The average Bonchev–Trinajstić information content (AvgIpc) is 3.16. The number of likely N-dealkylation sites (tertiary alicyclic amines) is 1. The highest BCUT2D eigenvalue weighted by Crippen LogP contribution is 2.24. The van der Waals surface area contributed by atoms with Gasteiger partial charge in [-0.3, -0.25) is 18.7 Å². The van der Waals surface area contributed by atoms with Crippen LogP contribution in [0.2, 0.25) is 5.02 Å². The van der Waals surface area contributed by atoms with Crippen molar-refractivity contribution in [2.24, 2.45) is 14.1 Å². The maximum atomic E-state index is 12.8. The average molecular weight is 433 g/mol. The molecule has 0 radical (unpaired) electrons. The van der Waals surface area contributed by atoms with E-state index in [-0.39, 0.29) is 29.7 Å². The summed E-state index contributed by atoms with van der Waals surface area (Å²) >= 11 is 6.09. The summed E-state index contributed by atoms with van der Waals surface area (Å²) in [5.74, 6) is 0.273. The number of nitrogens with zero attached hydrogens (tertiary/aromatic N) is 6. The van der Waals surface area contributed by atoms with Gasteiger partial charge in [-0.1, -0.05) is 11.6 Å². The number of piperidine rings is 1. The highest BCUT2D eigenvalue weighted by molar-refractivity contribution is 6.31. The van der Waals surface area contributed by atoms with Crippen LogP contribution >= 0.6 is 11.6 Å². The van der Waals surface area contributed by atoms with Gasteiger partial charge in [-0.2, -0.15) is 0 Å². The molecule has 30 heavy (non-hydrogen) atoms. The van der Waals surface area contributed by atoms with Gasteiger partial charge in [0.2, 0.25) is 11.8 Å². The van der Waals surface area contributed by atoms with Gasteiger partial charge in [0.1, 0.15) is 17.7 Å². The summed E-state index contributed by atoms with van der Waals surface area (Å²) in [6.45, 7) is 1.02. The number of hydrogen-bond acceptors (Lipinski definition) is 6. The van der Waals surface area contributed by atoms with Crippen LogP contribution in [0.25, 0.3) is 11.2 Å². The number of carbonyl (C=O) groups excluding carboxylic acids is 1. The molecule has 158 valence electrons. The van der Waals surface area contributed by atoms with Crippen molar-refractivity contribution >= 4 is 28.7 Å². The molecule has 0 spiro atoms. The Morgan fingerprint density at radius 1 is 1.20 bits per heavy atom. The van der Waals surface area contributed by atoms with E-state index in [2.05, 4.69) is 9.97 Å². The zero-order valence-corrected chi connectivity index (χ0v) is 17.4. The predicted octanol–water partition coefficient (Wildman–Crippen LogP) is 0.552. The number of fused-ring (bicyclic) bond motifs is 1. The second kappa shape index (κ2) is 7.94. The fourth-order valence-electron chi connectivity index (χ4n) is 3.60. The van der Waals surface area contributed by atoms with E-state index in [1.165, 1.54) is 22.5 Å². The first-order valence-electron chi connectivity index (χ1n) is 9.52. The monoisotopic (exact) mass is 432 g/mol. The lowest BCUT2D eigenvalue weighted by Crippen LogP contribution is -2.43. The van der Waals surface area contributed by atoms with E-state index >= 15 is 0 Å². The molecule has 4 rings (SSSR count). The smallest absolute Gasteiger partial charge is 0.332 e. The molecule has 1 aliphatic rings. The lowest BCUT2D eigenvalue weighted by Gasteiger charge is -2.32. The Hall–Kier alpha value is -3.14. The van der Waals surface area contributed by atoms with Crippen molar-refractivity contribution in [1.29, 1.82) is 0 Å². The van der Waals surface area contributed by atoms with E-state index in [0.29, 0.717) is 36.8 Å². The number of hydrogen-bond donors (Lipinski definition) is 0. The second-order valence-electron chi connectivity index (χ2n) is 7.24. The van der Waals surface area contributed by atoms with Crippen molar-refractivity contribution in [2.45, 2.75) is 25.5 Å². The minimum Gasteiger partial charge on any atom is -0.473 e. The molecule has 0 N–H and O–H groups in total. The number of amides is 1. The molecular formula is C19H21ClN6O4. The van der Waals surface area contributed by atoms with Crippen molar-refractivity contribution in [2.75, 3.05) is 13.1 Å². The van der Waals surface area contributed by atoms with E-state index < -0.39 is 11.2 Å². The molecule has 0 saturated carbocycles. The Labute approximate surface area is 176 Å². The quantitative estimate of drug-likeness (QED) is 0.596. The Balaban J connectivity index is 1.44. The minimum atomic E-state index is -0.474. The van der Waals surface area contributed by atoms with Crippen molar-refractivity contribution < 1.29 is 9.53 Å². The maximum absolute atomic E-state index is 12.8. The van der Waals surface area contributed by atoms with Gasteiger partial charge >= 0.3 is 5.69 Å². The zero-order valence-electron chi connectivity index (χ0n) is 16.6. The van der Waals surface area contributed by atoms with Gasteiger partial charge < -0.3 is 14.2 Å². The third-order valence-electron chi connectivity index (χ3n) is 5.32. The largest absolute Gasteiger partial charge is 0.473 e. The number of imidazole rings is 1. The maximum Gasteiger partial charge on any atom is 0.332 e. The van der Waals surface area contributed by atoms with E-state index in [1.807, 2.05) is 0 Å². The number of aromatic nitrogens is 5. The van der Waals surface area contributed by atoms with Crippen LogP contribution in [0.5, 0.6) is 5.88 Å². The molecule has 0 aromatic carbocycles. The molecule has 0 bridgehead atoms. The highest BCUT2D eigenvalue weighted by Gasteiger charge is 2.26. The zero-order chi connectivity index (χ0) is 21.4. The molecule has 10 nitrogen and oxygen atoms in total. The van der Waals surface area contributed by atoms with Gasteiger partial charge in [0.15, 0.2) is 11.2 Å². The Morgan fingerprint density at radius 3 is 2.63 bits per heavy atom. The molecule has 3 aromatic rings. The summed E-state index contributed by atoms with van der Waals surface area (Å²) in [5, 5.41) is 0.457. The number of halogens is 1. The molecule has 1 saturated heterocycles. The molecule has 4 heterocycles. The van der Waals surface area contributed by atoms with Gasteiger partial charge in [0, 0.05) is 46.2 Å². The standard InChI is InChI=1S/C19H21ClN6O4/c1-23-16-15(18(28)24(2)19(23)29)26(11-22-16)10-14(27)25-8-5-12(6-9-25)30-17-13(20)4-3-7-21-17/h3-4,7,11-12H,5-6,8-10H2,1-2H3. The molecule has 0 unspecified atom stereocenters. The molecule has 0 atom stereocenters. The summed E-state index contributed by atoms with van der Waals surface area (Å²) in [5.41, 5.74) is -0.442. The third kappa shape index (κ3) is 3.58. The van der Waals surface area contributed by atoms with Crippen LogP contribution in [0.1, 0.15) is 12.8 Å². The van der Waals surface area contributed by atoms with E-state index in [4.69, 9.17) is 16.3 Å². The van der Waals surface area contributed by atoms with Gasteiger partial charge in [0.05, 0.1) is 6.33 Å². The second-order valence-corrected chi connectivity index (χ2v) is 7.65. The van der Waals surface area contributed by atoms with Crippen LogP contribution in [0.3, 0.4) is 0 Å². The number of pyridine rings is 1.